The van der Waals surface area contributed by atoms with Crippen LogP contribution in [0.3, 0.4) is 0 Å². The van der Waals surface area contributed by atoms with Crippen molar-refractivity contribution in [1.29, 1.82) is 0 Å². The van der Waals surface area contributed by atoms with Crippen LogP contribution >= 0.6 is 15.9 Å². The predicted molar refractivity (Wildman–Crippen MR) is 79.0 cm³/mol. The topological polar surface area (TPSA) is 26.0 Å². The minimum Gasteiger partial charge on any atom is -0.327 e. The molecule has 0 aromatic heterocycles. The normalized spacial score (nSPS) is 13.7. The molecule has 0 bridgehead atoms. The molecule has 0 aliphatic heterocycles. The number of hydrogen-bond acceptors (Lipinski definition) is 1. The van der Waals surface area contributed by atoms with E-state index in [4.69, 9.17) is 5.73 Å². The summed E-state index contributed by atoms with van der Waals surface area (Å²) < 4.78 is 1.12. The Hall–Kier alpha value is -0.340. The van der Waals surface area contributed by atoms with E-state index < -0.39 is 0 Å². The highest BCUT2D eigenvalue weighted by Crippen LogP contribution is 2.25. The average molecular weight is 298 g/mol. The van der Waals surface area contributed by atoms with Gasteiger partial charge in [-0.1, -0.05) is 55.8 Å². The van der Waals surface area contributed by atoms with Gasteiger partial charge in [0.25, 0.3) is 0 Å². The molecule has 1 aromatic rings. The van der Waals surface area contributed by atoms with E-state index in [1.54, 1.807) is 0 Å². The third kappa shape index (κ3) is 4.44. The summed E-state index contributed by atoms with van der Waals surface area (Å²) in [5, 5.41) is 0. The molecule has 0 spiro atoms. The quantitative estimate of drug-likeness (QED) is 0.864. The Morgan fingerprint density at radius 1 is 1.00 bits per heavy atom. The van der Waals surface area contributed by atoms with Gasteiger partial charge in [-0.2, -0.15) is 0 Å². The van der Waals surface area contributed by atoms with Crippen molar-refractivity contribution in [3.05, 3.63) is 34.3 Å². The molecule has 0 aliphatic rings. The molecular formula is C15H24BrN. The molecule has 0 saturated heterocycles. The van der Waals surface area contributed by atoms with Gasteiger partial charge in [0.2, 0.25) is 0 Å². The number of benzene rings is 1. The second-order valence-electron chi connectivity index (χ2n) is 5.56. The zero-order valence-corrected chi connectivity index (χ0v) is 12.9. The van der Waals surface area contributed by atoms with Crippen molar-refractivity contribution >= 4 is 15.9 Å². The van der Waals surface area contributed by atoms with E-state index in [0.29, 0.717) is 17.8 Å². The highest BCUT2D eigenvalue weighted by molar-refractivity contribution is 9.10. The van der Waals surface area contributed by atoms with Crippen LogP contribution in [0.1, 0.15) is 33.3 Å². The average Bonchev–Trinajstić information content (AvgIpc) is 2.20. The Bertz CT molecular complexity index is 321. The molecule has 2 N–H and O–H groups in total. The number of hydrogen-bond donors (Lipinski definition) is 1. The number of nitrogens with two attached hydrogens (primary N) is 1. The molecule has 0 amide bonds. The summed E-state index contributed by atoms with van der Waals surface area (Å²) in [6.07, 6.45) is 0.967. The van der Waals surface area contributed by atoms with Gasteiger partial charge >= 0.3 is 0 Å². The molecule has 1 aromatic carbocycles. The van der Waals surface area contributed by atoms with Gasteiger partial charge in [-0.05, 0) is 41.9 Å². The van der Waals surface area contributed by atoms with E-state index in [9.17, 15) is 0 Å². The predicted octanol–water partition coefficient (Wildman–Crippen LogP) is 4.25. The monoisotopic (exact) mass is 297 g/mol. The van der Waals surface area contributed by atoms with Crippen molar-refractivity contribution < 1.29 is 0 Å². The maximum atomic E-state index is 6.38. The molecule has 1 nitrogen and oxygen atoms in total. The first kappa shape index (κ1) is 14.7. The lowest BCUT2D eigenvalue weighted by Crippen LogP contribution is -2.38. The fourth-order valence-electron chi connectivity index (χ4n) is 2.79. The van der Waals surface area contributed by atoms with Gasteiger partial charge in [0.05, 0.1) is 0 Å². The summed E-state index contributed by atoms with van der Waals surface area (Å²) in [5.74, 6) is 1.86. The zero-order chi connectivity index (χ0) is 13.0. The second kappa shape index (κ2) is 6.55. The maximum absolute atomic E-state index is 6.38. The van der Waals surface area contributed by atoms with Crippen molar-refractivity contribution in [2.75, 3.05) is 0 Å². The highest BCUT2D eigenvalue weighted by atomic mass is 79.9. The molecular weight excluding hydrogens is 274 g/mol. The molecule has 96 valence electrons. The van der Waals surface area contributed by atoms with Crippen molar-refractivity contribution in [1.82, 2.24) is 0 Å². The Morgan fingerprint density at radius 2 is 1.47 bits per heavy atom. The van der Waals surface area contributed by atoms with Gasteiger partial charge in [-0.15, -0.1) is 0 Å². The van der Waals surface area contributed by atoms with Crippen molar-refractivity contribution in [3.63, 3.8) is 0 Å². The minimum absolute atomic E-state index is 0.246. The molecule has 0 radical (unpaired) electrons. The summed E-state index contributed by atoms with van der Waals surface area (Å²) in [6, 6.07) is 8.73. The van der Waals surface area contributed by atoms with Crippen LogP contribution in [0.15, 0.2) is 28.7 Å². The molecule has 1 unspecified atom stereocenters. The van der Waals surface area contributed by atoms with E-state index >= 15 is 0 Å². The lowest BCUT2D eigenvalue weighted by Gasteiger charge is -2.31. The summed E-state index contributed by atoms with van der Waals surface area (Å²) in [6.45, 7) is 9.08. The Labute approximate surface area is 114 Å². The van der Waals surface area contributed by atoms with Crippen LogP contribution in [0.5, 0.6) is 0 Å². The van der Waals surface area contributed by atoms with E-state index in [1.807, 2.05) is 0 Å². The standard InChI is InChI=1S/C15H24BrN/c1-10(2)15(11(3)4)14(17)9-12-5-7-13(16)8-6-12/h5-8,10-11,14-15H,9,17H2,1-4H3. The first-order valence-electron chi connectivity index (χ1n) is 6.41. The molecule has 0 heterocycles. The summed E-state index contributed by atoms with van der Waals surface area (Å²) >= 11 is 3.46. The number of rotatable bonds is 5. The fourth-order valence-corrected chi connectivity index (χ4v) is 3.05. The van der Waals surface area contributed by atoms with Crippen LogP contribution < -0.4 is 5.73 Å². The smallest absolute Gasteiger partial charge is 0.0175 e. The van der Waals surface area contributed by atoms with Crippen molar-refractivity contribution in [3.8, 4) is 0 Å². The van der Waals surface area contributed by atoms with Crippen molar-refractivity contribution in [2.24, 2.45) is 23.5 Å². The third-order valence-corrected chi connectivity index (χ3v) is 3.95. The van der Waals surface area contributed by atoms with Gasteiger partial charge in [-0.3, -0.25) is 0 Å². The molecule has 0 saturated carbocycles. The summed E-state index contributed by atoms with van der Waals surface area (Å²) in [4.78, 5) is 0. The van der Waals surface area contributed by atoms with Crippen molar-refractivity contribution in [2.45, 2.75) is 40.2 Å². The maximum Gasteiger partial charge on any atom is 0.0175 e. The van der Waals surface area contributed by atoms with E-state index in [2.05, 4.69) is 67.9 Å². The fraction of sp³-hybridized carbons (Fsp3) is 0.600. The molecule has 17 heavy (non-hydrogen) atoms. The highest BCUT2D eigenvalue weighted by Gasteiger charge is 2.24. The Balaban J connectivity index is 2.69. The second-order valence-corrected chi connectivity index (χ2v) is 6.48. The molecule has 0 fully saturated rings. The molecule has 0 aliphatic carbocycles. The van der Waals surface area contributed by atoms with Crippen LogP contribution in [0.25, 0.3) is 0 Å². The van der Waals surface area contributed by atoms with E-state index in [-0.39, 0.29) is 6.04 Å². The Morgan fingerprint density at radius 3 is 1.88 bits per heavy atom. The van der Waals surface area contributed by atoms with Gasteiger partial charge in [0, 0.05) is 10.5 Å². The first-order chi connectivity index (χ1) is 7.91. The SMILES string of the molecule is CC(C)C(C(C)C)C(N)Cc1ccc(Br)cc1. The Kier molecular flexibility index (Phi) is 5.68. The van der Waals surface area contributed by atoms with Gasteiger partial charge in [0.1, 0.15) is 0 Å². The lowest BCUT2D eigenvalue weighted by atomic mass is 9.78. The first-order valence-corrected chi connectivity index (χ1v) is 7.21. The lowest BCUT2D eigenvalue weighted by molar-refractivity contribution is 0.237. The summed E-state index contributed by atoms with van der Waals surface area (Å²) in [7, 11) is 0. The van der Waals surface area contributed by atoms with Crippen LogP contribution in [0, 0.1) is 17.8 Å². The number of halogens is 1. The van der Waals surface area contributed by atoms with Crippen LogP contribution in [0.4, 0.5) is 0 Å². The van der Waals surface area contributed by atoms with Gasteiger partial charge < -0.3 is 5.73 Å². The van der Waals surface area contributed by atoms with Crippen LogP contribution in [-0.4, -0.2) is 6.04 Å². The third-order valence-electron chi connectivity index (χ3n) is 3.42. The zero-order valence-electron chi connectivity index (χ0n) is 11.3. The van der Waals surface area contributed by atoms with Crippen LogP contribution in [0.2, 0.25) is 0 Å². The van der Waals surface area contributed by atoms with Gasteiger partial charge in [0.15, 0.2) is 0 Å². The summed E-state index contributed by atoms with van der Waals surface area (Å²) in [5.41, 5.74) is 7.70. The van der Waals surface area contributed by atoms with E-state index in [1.165, 1.54) is 5.56 Å². The largest absolute Gasteiger partial charge is 0.327 e. The molecule has 1 atom stereocenters. The van der Waals surface area contributed by atoms with Gasteiger partial charge in [-0.25, -0.2) is 0 Å². The van der Waals surface area contributed by atoms with E-state index in [0.717, 1.165) is 10.9 Å². The van der Waals surface area contributed by atoms with Crippen LogP contribution in [-0.2, 0) is 6.42 Å². The molecule has 2 heteroatoms. The molecule has 1 rings (SSSR count). The minimum atomic E-state index is 0.246.